The topological polar surface area (TPSA) is 64.9 Å². The zero-order valence-electron chi connectivity index (χ0n) is 13.5. The van der Waals surface area contributed by atoms with Crippen LogP contribution in [-0.2, 0) is 0 Å². The molecule has 5 nitrogen and oxygen atoms in total. The van der Waals surface area contributed by atoms with Crippen molar-refractivity contribution in [3.63, 3.8) is 0 Å². The third-order valence-electron chi connectivity index (χ3n) is 4.31. The molecule has 1 atom stereocenters. The highest BCUT2D eigenvalue weighted by atomic mass is 16.5. The summed E-state index contributed by atoms with van der Waals surface area (Å²) >= 11 is 0. The number of methoxy groups -OCH3 is 1. The highest BCUT2D eigenvalue weighted by Gasteiger charge is 2.32. The van der Waals surface area contributed by atoms with Crippen LogP contribution in [0.4, 0.5) is 0 Å². The Bertz CT molecular complexity index is 510. The van der Waals surface area contributed by atoms with Crippen LogP contribution < -0.4 is 9.84 Å². The Hall–Kier alpha value is -1.59. The van der Waals surface area contributed by atoms with Crippen molar-refractivity contribution in [1.29, 1.82) is 0 Å². The summed E-state index contributed by atoms with van der Waals surface area (Å²) in [7, 11) is 1.55. The van der Waals surface area contributed by atoms with Gasteiger partial charge in [-0.05, 0) is 31.7 Å². The van der Waals surface area contributed by atoms with E-state index in [-0.39, 0.29) is 5.90 Å². The summed E-state index contributed by atoms with van der Waals surface area (Å²) in [5.41, 5.74) is 0.485. The molecule has 0 bridgehead atoms. The lowest BCUT2D eigenvalue weighted by molar-refractivity contribution is -0.942. The molecular formula is C17H26N2O3. The maximum absolute atomic E-state index is 12.6. The Kier molecular flexibility index (Phi) is 5.80. The van der Waals surface area contributed by atoms with Crippen molar-refractivity contribution >= 4 is 5.90 Å². The third-order valence-corrected chi connectivity index (χ3v) is 4.31. The van der Waals surface area contributed by atoms with E-state index >= 15 is 0 Å². The van der Waals surface area contributed by atoms with Gasteiger partial charge >= 0.3 is 0 Å². The largest absolute Gasteiger partial charge is 0.854 e. The fourth-order valence-corrected chi connectivity index (χ4v) is 3.01. The van der Waals surface area contributed by atoms with Gasteiger partial charge in [0.15, 0.2) is 0 Å². The Balaban J connectivity index is 2.31. The molecule has 1 aliphatic heterocycles. The van der Waals surface area contributed by atoms with E-state index in [1.807, 2.05) is 19.1 Å². The summed E-state index contributed by atoms with van der Waals surface area (Å²) < 4.78 is 5.59. The lowest BCUT2D eigenvalue weighted by atomic mass is 10.1. The number of aliphatic hydroxyl groups is 1. The van der Waals surface area contributed by atoms with Crippen molar-refractivity contribution < 1.29 is 19.5 Å². The zero-order chi connectivity index (χ0) is 16.0. The van der Waals surface area contributed by atoms with Crippen LogP contribution in [0, 0.1) is 0 Å². The molecule has 1 aromatic carbocycles. The number of quaternary nitrogens is 1. The number of ether oxygens (including phenoxy) is 1. The summed E-state index contributed by atoms with van der Waals surface area (Å²) in [6.45, 7) is 4.10. The molecule has 0 aliphatic carbocycles. The van der Waals surface area contributed by atoms with Gasteiger partial charge < -0.3 is 14.9 Å². The normalized spacial score (nSPS) is 19.7. The van der Waals surface area contributed by atoms with Crippen LogP contribution in [0.5, 0.6) is 5.75 Å². The minimum atomic E-state index is -0.424. The van der Waals surface area contributed by atoms with Gasteiger partial charge in [-0.15, -0.1) is 0 Å². The standard InChI is InChI=1S/C17H26N2O3/c1-3-14(20)13-19(11-7-4-8-12-19)18-17(21)15-9-5-6-10-16(15)22-2/h5-6,9-10,14,20H,3-4,7-8,11-13H2,1-2H3. The van der Waals surface area contributed by atoms with Crippen LogP contribution in [0.3, 0.4) is 0 Å². The molecule has 5 heteroatoms. The van der Waals surface area contributed by atoms with Gasteiger partial charge in [-0.1, -0.05) is 30.2 Å². The van der Waals surface area contributed by atoms with Crippen LogP contribution in [0.2, 0.25) is 0 Å². The number of nitrogens with zero attached hydrogens (tertiary/aromatic N) is 2. The SMILES string of the molecule is CCC(O)C[N+]1(/N=C(\[O-])c2ccccc2OC)CCCCC1. The van der Waals surface area contributed by atoms with Gasteiger partial charge in [0, 0.05) is 5.56 Å². The fourth-order valence-electron chi connectivity index (χ4n) is 3.01. The quantitative estimate of drug-likeness (QED) is 0.492. The summed E-state index contributed by atoms with van der Waals surface area (Å²) in [6, 6.07) is 7.15. The number of benzene rings is 1. The molecule has 1 saturated heterocycles. The molecule has 1 aromatic rings. The minimum Gasteiger partial charge on any atom is -0.854 e. The molecule has 0 saturated carbocycles. The van der Waals surface area contributed by atoms with Crippen molar-refractivity contribution in [1.82, 2.24) is 0 Å². The number of aliphatic hydroxyl groups excluding tert-OH is 1. The lowest BCUT2D eigenvalue weighted by Crippen LogP contribution is -2.52. The molecule has 1 N–H and O–H groups in total. The van der Waals surface area contributed by atoms with Crippen molar-refractivity contribution in [3.05, 3.63) is 29.8 Å². The second-order valence-corrected chi connectivity index (χ2v) is 5.95. The molecule has 0 radical (unpaired) electrons. The highest BCUT2D eigenvalue weighted by Crippen LogP contribution is 2.23. The monoisotopic (exact) mass is 306 g/mol. The molecule has 0 spiro atoms. The molecular weight excluding hydrogens is 280 g/mol. The van der Waals surface area contributed by atoms with Gasteiger partial charge in [0.25, 0.3) is 0 Å². The van der Waals surface area contributed by atoms with E-state index in [0.29, 0.717) is 28.9 Å². The predicted molar refractivity (Wildman–Crippen MR) is 84.5 cm³/mol. The minimum absolute atomic E-state index is 0.261. The van der Waals surface area contributed by atoms with Gasteiger partial charge in [-0.3, -0.25) is 0 Å². The maximum Gasteiger partial charge on any atom is 0.129 e. The molecule has 0 aromatic heterocycles. The smallest absolute Gasteiger partial charge is 0.129 e. The molecule has 0 amide bonds. The van der Waals surface area contributed by atoms with Gasteiger partial charge in [0.05, 0.1) is 13.0 Å². The number of piperidine rings is 1. The average molecular weight is 306 g/mol. The zero-order valence-corrected chi connectivity index (χ0v) is 13.5. The summed E-state index contributed by atoms with van der Waals surface area (Å²) in [6.07, 6.45) is 3.50. The Morgan fingerprint density at radius 2 is 2.00 bits per heavy atom. The molecule has 1 fully saturated rings. The van der Waals surface area contributed by atoms with E-state index in [4.69, 9.17) is 4.74 Å². The molecule has 2 rings (SSSR count). The Morgan fingerprint density at radius 3 is 2.64 bits per heavy atom. The third kappa shape index (κ3) is 3.99. The van der Waals surface area contributed by atoms with Crippen molar-refractivity contribution in [2.45, 2.75) is 38.7 Å². The first kappa shape index (κ1) is 16.8. The molecule has 122 valence electrons. The number of likely N-dealkylation sites (tertiary alicyclic amines) is 1. The highest BCUT2D eigenvalue weighted by molar-refractivity contribution is 5.93. The molecule has 1 unspecified atom stereocenters. The van der Waals surface area contributed by atoms with Crippen LogP contribution >= 0.6 is 0 Å². The first-order chi connectivity index (χ1) is 10.6. The number of hydrogen-bond acceptors (Lipinski definition) is 4. The van der Waals surface area contributed by atoms with Crippen LogP contribution in [0.1, 0.15) is 38.2 Å². The van der Waals surface area contributed by atoms with Crippen LogP contribution in [0.25, 0.3) is 0 Å². The average Bonchev–Trinajstić information content (AvgIpc) is 2.55. The summed E-state index contributed by atoms with van der Waals surface area (Å²) in [5.74, 6) is 0.283. The first-order valence-electron chi connectivity index (χ1n) is 8.05. The van der Waals surface area contributed by atoms with Crippen LogP contribution in [-0.4, -0.2) is 48.4 Å². The predicted octanol–water partition coefficient (Wildman–Crippen LogP) is 1.49. The van der Waals surface area contributed by atoms with E-state index in [9.17, 15) is 10.2 Å². The summed E-state index contributed by atoms with van der Waals surface area (Å²) in [5, 5.41) is 27.2. The first-order valence-corrected chi connectivity index (χ1v) is 8.05. The molecule has 1 aliphatic rings. The Morgan fingerprint density at radius 1 is 1.32 bits per heavy atom. The lowest BCUT2D eigenvalue weighted by Gasteiger charge is -2.38. The second kappa shape index (κ2) is 7.61. The van der Waals surface area contributed by atoms with Gasteiger partial charge in [-0.25, -0.2) is 0 Å². The van der Waals surface area contributed by atoms with Gasteiger partial charge in [0.2, 0.25) is 0 Å². The van der Waals surface area contributed by atoms with E-state index < -0.39 is 6.10 Å². The number of hydrogen-bond donors (Lipinski definition) is 1. The Labute approximate surface area is 132 Å². The molecule has 22 heavy (non-hydrogen) atoms. The van der Waals surface area contributed by atoms with E-state index in [0.717, 1.165) is 25.9 Å². The van der Waals surface area contributed by atoms with E-state index in [1.54, 1.807) is 19.2 Å². The molecule has 1 heterocycles. The van der Waals surface area contributed by atoms with Crippen LogP contribution in [0.15, 0.2) is 29.4 Å². The van der Waals surface area contributed by atoms with Crippen molar-refractivity contribution in [2.24, 2.45) is 5.10 Å². The fraction of sp³-hybridized carbons (Fsp3) is 0.588. The maximum atomic E-state index is 12.6. The van der Waals surface area contributed by atoms with Crippen molar-refractivity contribution in [3.8, 4) is 5.75 Å². The van der Waals surface area contributed by atoms with Gasteiger partial charge in [-0.2, -0.15) is 4.59 Å². The second-order valence-electron chi connectivity index (χ2n) is 5.95. The number of para-hydroxylation sites is 1. The summed E-state index contributed by atoms with van der Waals surface area (Å²) in [4.78, 5) is 0. The van der Waals surface area contributed by atoms with Gasteiger partial charge in [0.1, 0.15) is 31.5 Å². The van der Waals surface area contributed by atoms with E-state index in [2.05, 4.69) is 5.10 Å². The number of rotatable bonds is 6. The van der Waals surface area contributed by atoms with E-state index in [1.165, 1.54) is 6.42 Å². The van der Waals surface area contributed by atoms with Crippen molar-refractivity contribution in [2.75, 3.05) is 26.7 Å².